The van der Waals surface area contributed by atoms with Crippen molar-refractivity contribution in [1.29, 1.82) is 0 Å². The van der Waals surface area contributed by atoms with E-state index in [1.807, 2.05) is 19.9 Å². The third kappa shape index (κ3) is 5.25. The first-order chi connectivity index (χ1) is 17.0. The molecule has 0 radical (unpaired) electrons. The zero-order chi connectivity index (χ0) is 24.9. The number of nitrogens with one attached hydrogen (secondary N) is 1. The second-order valence-electron chi connectivity index (χ2n) is 8.51. The van der Waals surface area contributed by atoms with Crippen LogP contribution in [0.1, 0.15) is 55.5 Å². The van der Waals surface area contributed by atoms with Gasteiger partial charge in [0.15, 0.2) is 5.75 Å². The summed E-state index contributed by atoms with van der Waals surface area (Å²) in [6, 6.07) is 14.9. The lowest BCUT2D eigenvalue weighted by atomic mass is 10.0. The maximum Gasteiger partial charge on any atom is 0.224 e. The molecule has 0 aliphatic carbocycles. The molecule has 7 heteroatoms. The SMILES string of the molecule is C=C1c2c(O)c(=O)ccn2N[C@@H]2CCCCN12.CC.Fc1ccc2c(c1)CSc1ccccc1C2. The molecule has 184 valence electrons. The molecule has 2 N–H and O–H groups in total. The van der Waals surface area contributed by atoms with Crippen LogP contribution in [0, 0.1) is 5.82 Å². The molecule has 1 atom stereocenters. The number of aromatic nitrogens is 1. The smallest absolute Gasteiger partial charge is 0.224 e. The van der Waals surface area contributed by atoms with Crippen LogP contribution in [0.2, 0.25) is 0 Å². The molecular weight excluding hydrogens is 461 g/mol. The van der Waals surface area contributed by atoms with Gasteiger partial charge in [-0.15, -0.1) is 11.8 Å². The van der Waals surface area contributed by atoms with Crippen molar-refractivity contribution in [2.24, 2.45) is 0 Å². The van der Waals surface area contributed by atoms with Crippen molar-refractivity contribution < 1.29 is 9.50 Å². The van der Waals surface area contributed by atoms with E-state index < -0.39 is 0 Å². The molecule has 3 aliphatic rings. The van der Waals surface area contributed by atoms with Crippen LogP contribution in [0.3, 0.4) is 0 Å². The number of fused-ring (bicyclic) bond motifs is 4. The van der Waals surface area contributed by atoms with E-state index in [0.29, 0.717) is 5.69 Å². The Kier molecular flexibility index (Phi) is 7.86. The summed E-state index contributed by atoms with van der Waals surface area (Å²) in [5.41, 5.74) is 7.84. The minimum atomic E-state index is -0.366. The molecule has 3 aromatic rings. The Labute approximate surface area is 210 Å². The number of hydrogen-bond donors (Lipinski definition) is 2. The fraction of sp³-hybridized carbons (Fsp3) is 0.321. The topological polar surface area (TPSA) is 57.5 Å². The van der Waals surface area contributed by atoms with Gasteiger partial charge in [0.05, 0.1) is 5.70 Å². The van der Waals surface area contributed by atoms with Crippen LogP contribution in [0.5, 0.6) is 5.75 Å². The lowest BCUT2D eigenvalue weighted by molar-refractivity contribution is 0.221. The molecule has 1 fully saturated rings. The molecular formula is C28H32FN3O2S. The number of aromatic hydroxyl groups is 1. The lowest BCUT2D eigenvalue weighted by Crippen LogP contribution is -2.50. The summed E-state index contributed by atoms with van der Waals surface area (Å²) in [6.45, 7) is 8.92. The Morgan fingerprint density at radius 2 is 1.89 bits per heavy atom. The molecule has 0 unspecified atom stereocenters. The number of pyridine rings is 1. The normalized spacial score (nSPS) is 17.5. The van der Waals surface area contributed by atoms with Crippen LogP contribution in [-0.2, 0) is 12.2 Å². The van der Waals surface area contributed by atoms with Gasteiger partial charge >= 0.3 is 0 Å². The predicted molar refractivity (Wildman–Crippen MR) is 142 cm³/mol. The zero-order valence-electron chi connectivity index (χ0n) is 20.3. The van der Waals surface area contributed by atoms with Gasteiger partial charge < -0.3 is 15.4 Å². The molecule has 35 heavy (non-hydrogen) atoms. The average Bonchev–Trinajstić information content (AvgIpc) is 3.07. The summed E-state index contributed by atoms with van der Waals surface area (Å²) in [5.74, 6) is 0.503. The minimum absolute atomic E-state index is 0.134. The highest BCUT2D eigenvalue weighted by Crippen LogP contribution is 2.34. The summed E-state index contributed by atoms with van der Waals surface area (Å²) >= 11 is 1.79. The summed E-state index contributed by atoms with van der Waals surface area (Å²) in [6.07, 6.45) is 6.13. The van der Waals surface area contributed by atoms with E-state index in [4.69, 9.17) is 0 Å². The summed E-state index contributed by atoms with van der Waals surface area (Å²) in [7, 11) is 0. The van der Waals surface area contributed by atoms with E-state index in [9.17, 15) is 14.3 Å². The Hall–Kier alpha value is -3.19. The minimum Gasteiger partial charge on any atom is -0.503 e. The summed E-state index contributed by atoms with van der Waals surface area (Å²) < 4.78 is 14.8. The fourth-order valence-electron chi connectivity index (χ4n) is 4.65. The van der Waals surface area contributed by atoms with Gasteiger partial charge in [0.25, 0.3) is 0 Å². The number of thioether (sulfide) groups is 1. The number of rotatable bonds is 0. The highest BCUT2D eigenvalue weighted by Gasteiger charge is 2.31. The highest BCUT2D eigenvalue weighted by atomic mass is 32.2. The molecule has 1 aromatic heterocycles. The van der Waals surface area contributed by atoms with Crippen LogP contribution < -0.4 is 10.9 Å². The molecule has 6 rings (SSSR count). The molecule has 5 nitrogen and oxygen atoms in total. The largest absolute Gasteiger partial charge is 0.503 e. The van der Waals surface area contributed by atoms with Crippen molar-refractivity contribution in [3.63, 3.8) is 0 Å². The molecule has 4 heterocycles. The van der Waals surface area contributed by atoms with Gasteiger partial charge in [-0.2, -0.15) is 0 Å². The van der Waals surface area contributed by atoms with Crippen molar-refractivity contribution in [2.45, 2.75) is 56.3 Å². The van der Waals surface area contributed by atoms with Crippen LogP contribution in [-0.4, -0.2) is 27.4 Å². The zero-order valence-corrected chi connectivity index (χ0v) is 21.1. The van der Waals surface area contributed by atoms with Crippen LogP contribution >= 0.6 is 11.8 Å². The van der Waals surface area contributed by atoms with E-state index in [1.54, 1.807) is 34.8 Å². The summed E-state index contributed by atoms with van der Waals surface area (Å²) in [4.78, 5) is 14.9. The Bertz CT molecular complexity index is 1270. The maximum absolute atomic E-state index is 13.1. The Balaban J connectivity index is 0.000000155. The monoisotopic (exact) mass is 493 g/mol. The standard InChI is InChI=1S/C14H11FS.C12H15N3O2.C2H6/c15-13-6-5-10-7-11-3-1-2-4-14(11)16-9-12(10)8-13;1-8-11-12(17)9(16)5-7-15(11)13-10-4-2-3-6-14(8)10;1-2/h1-6,8H,7,9H2;5,7,10,13,17H,1-4,6H2;1-2H3/t;10-;/m.0./s1. The number of halogens is 1. The maximum atomic E-state index is 13.1. The lowest BCUT2D eigenvalue weighted by Gasteiger charge is -2.44. The predicted octanol–water partition coefficient (Wildman–Crippen LogP) is 5.94. The van der Waals surface area contributed by atoms with Crippen molar-refractivity contribution >= 4 is 17.5 Å². The number of piperidine rings is 1. The molecule has 0 spiro atoms. The molecule has 1 saturated heterocycles. The van der Waals surface area contributed by atoms with Gasteiger partial charge in [-0.3, -0.25) is 9.47 Å². The van der Waals surface area contributed by atoms with E-state index in [0.717, 1.165) is 42.8 Å². The van der Waals surface area contributed by atoms with E-state index in [1.165, 1.54) is 28.5 Å². The van der Waals surface area contributed by atoms with Gasteiger partial charge in [-0.05, 0) is 60.6 Å². The quantitative estimate of drug-likeness (QED) is 0.406. The molecule has 3 aliphatic heterocycles. The van der Waals surface area contributed by atoms with Gasteiger partial charge in [-0.1, -0.05) is 44.7 Å². The number of hydrogen-bond acceptors (Lipinski definition) is 5. The first kappa shape index (κ1) is 24.9. The molecule has 0 amide bonds. The van der Waals surface area contributed by atoms with Crippen molar-refractivity contribution in [2.75, 3.05) is 12.0 Å². The third-order valence-corrected chi connectivity index (χ3v) is 7.55. The average molecular weight is 494 g/mol. The number of benzene rings is 2. The van der Waals surface area contributed by atoms with E-state index in [-0.39, 0.29) is 23.2 Å². The molecule has 2 aromatic carbocycles. The third-order valence-electron chi connectivity index (χ3n) is 6.39. The van der Waals surface area contributed by atoms with Gasteiger partial charge in [0.1, 0.15) is 17.7 Å². The first-order valence-corrected chi connectivity index (χ1v) is 13.1. The summed E-state index contributed by atoms with van der Waals surface area (Å²) in [5, 5.41) is 9.84. The number of nitrogens with zero attached hydrogens (tertiary/aromatic N) is 2. The second-order valence-corrected chi connectivity index (χ2v) is 9.53. The highest BCUT2D eigenvalue weighted by molar-refractivity contribution is 7.98. The van der Waals surface area contributed by atoms with Crippen molar-refractivity contribution in [1.82, 2.24) is 9.58 Å². The van der Waals surface area contributed by atoms with Crippen molar-refractivity contribution in [3.05, 3.63) is 99.7 Å². The van der Waals surface area contributed by atoms with Gasteiger partial charge in [0.2, 0.25) is 5.43 Å². The first-order valence-electron chi connectivity index (χ1n) is 12.2. The van der Waals surface area contributed by atoms with Crippen LogP contribution in [0.25, 0.3) is 5.70 Å². The van der Waals surface area contributed by atoms with E-state index in [2.05, 4.69) is 41.2 Å². The van der Waals surface area contributed by atoms with Crippen LogP contribution in [0.15, 0.2) is 71.0 Å². The second kappa shape index (κ2) is 11.0. The Morgan fingerprint density at radius 1 is 1.09 bits per heavy atom. The van der Waals surface area contributed by atoms with Gasteiger partial charge in [0, 0.05) is 29.5 Å². The van der Waals surface area contributed by atoms with E-state index >= 15 is 0 Å². The van der Waals surface area contributed by atoms with Crippen LogP contribution in [0.4, 0.5) is 4.39 Å². The molecule has 0 saturated carbocycles. The Morgan fingerprint density at radius 3 is 2.71 bits per heavy atom. The fourth-order valence-corrected chi connectivity index (χ4v) is 5.73. The van der Waals surface area contributed by atoms with Crippen molar-refractivity contribution in [3.8, 4) is 5.75 Å². The molecule has 0 bridgehead atoms. The van der Waals surface area contributed by atoms with Gasteiger partial charge in [-0.25, -0.2) is 4.39 Å².